The third-order valence-corrected chi connectivity index (χ3v) is 7.10. The zero-order valence-corrected chi connectivity index (χ0v) is 10.5. The van der Waals surface area contributed by atoms with E-state index in [1.165, 1.54) is 0 Å². The first-order valence-electron chi connectivity index (χ1n) is 5.04. The molecular formula is C12H22Si. The zero-order valence-electron chi connectivity index (χ0n) is 9.54. The van der Waals surface area contributed by atoms with Crippen molar-refractivity contribution in [3.8, 4) is 0 Å². The Bertz CT molecular complexity index is 178. The van der Waals surface area contributed by atoms with Gasteiger partial charge in [-0.15, -0.1) is 0 Å². The van der Waals surface area contributed by atoms with Gasteiger partial charge >= 0.3 is 0 Å². The molecule has 13 heavy (non-hydrogen) atoms. The summed E-state index contributed by atoms with van der Waals surface area (Å²) in [5.41, 5.74) is 7.93. The molecule has 0 aromatic heterocycles. The Morgan fingerprint density at radius 1 is 0.769 bits per heavy atom. The lowest BCUT2D eigenvalue weighted by Crippen LogP contribution is -2.31. The van der Waals surface area contributed by atoms with E-state index in [0.717, 1.165) is 5.54 Å². The van der Waals surface area contributed by atoms with Gasteiger partial charge in [0.1, 0.15) is 8.07 Å². The number of allylic oxidation sites excluding steroid dienone is 3. The fourth-order valence-corrected chi connectivity index (χ4v) is 4.83. The highest BCUT2D eigenvalue weighted by Crippen LogP contribution is 2.25. The van der Waals surface area contributed by atoms with Crippen LogP contribution < -0.4 is 0 Å². The minimum absolute atomic E-state index is 0.732. The van der Waals surface area contributed by atoms with Crippen molar-refractivity contribution in [3.05, 3.63) is 35.3 Å². The summed E-state index contributed by atoms with van der Waals surface area (Å²) in [6.07, 6.45) is 6.56. The lowest BCUT2D eigenvalue weighted by molar-refractivity contribution is 1.03. The van der Waals surface area contributed by atoms with Gasteiger partial charge in [-0.05, 0) is 26.3 Å². The minimum Gasteiger partial charge on any atom is -0.0949 e. The first-order valence-corrected chi connectivity index (χ1v) is 7.35. The van der Waals surface area contributed by atoms with Crippen LogP contribution >= 0.6 is 0 Å². The monoisotopic (exact) mass is 194 g/mol. The van der Waals surface area contributed by atoms with Gasteiger partial charge in [-0.3, -0.25) is 0 Å². The molecule has 0 aromatic rings. The van der Waals surface area contributed by atoms with Crippen molar-refractivity contribution in [3.63, 3.8) is 0 Å². The van der Waals surface area contributed by atoms with E-state index < -0.39 is 8.07 Å². The summed E-state index contributed by atoms with van der Waals surface area (Å²) in [6.45, 7) is 10.9. The summed E-state index contributed by atoms with van der Waals surface area (Å²) < 4.78 is 0. The fraction of sp³-hybridized carbons (Fsp3) is 0.500. The van der Waals surface area contributed by atoms with E-state index >= 15 is 0 Å². The summed E-state index contributed by atoms with van der Waals surface area (Å²) in [4.78, 5) is 0. The van der Waals surface area contributed by atoms with Crippen LogP contribution in [0.1, 0.15) is 34.6 Å². The Morgan fingerprint density at radius 2 is 1.08 bits per heavy atom. The van der Waals surface area contributed by atoms with Gasteiger partial charge in [0, 0.05) is 0 Å². The Kier molecular flexibility index (Phi) is 5.72. The second kappa shape index (κ2) is 5.98. The van der Waals surface area contributed by atoms with Crippen molar-refractivity contribution in [2.24, 2.45) is 0 Å². The summed E-state index contributed by atoms with van der Waals surface area (Å²) in [7, 11) is -1.41. The average molecular weight is 194 g/mol. The molecule has 0 saturated heterocycles. The topological polar surface area (TPSA) is 0 Å². The molecule has 0 aromatic carbocycles. The van der Waals surface area contributed by atoms with Crippen LogP contribution in [-0.2, 0) is 0 Å². The summed E-state index contributed by atoms with van der Waals surface area (Å²) >= 11 is 0. The molecule has 0 atom stereocenters. The first-order chi connectivity index (χ1) is 6.13. The maximum Gasteiger partial charge on any atom is 0.127 e. The smallest absolute Gasteiger partial charge is 0.0949 e. The second-order valence-electron chi connectivity index (χ2n) is 3.65. The Morgan fingerprint density at radius 3 is 1.23 bits per heavy atom. The SMILES string of the molecule is CC=C[Si](C=CC)(C=CC)C(C)C. The number of rotatable bonds is 4. The van der Waals surface area contributed by atoms with Gasteiger partial charge in [-0.1, -0.05) is 49.2 Å². The molecule has 0 radical (unpaired) electrons. The minimum atomic E-state index is -1.41. The van der Waals surface area contributed by atoms with Gasteiger partial charge in [0.05, 0.1) is 0 Å². The quantitative estimate of drug-likeness (QED) is 0.589. The van der Waals surface area contributed by atoms with Crippen LogP contribution in [-0.4, -0.2) is 8.07 Å². The normalized spacial score (nSPS) is 18.0. The third kappa shape index (κ3) is 3.35. The van der Waals surface area contributed by atoms with Crippen molar-refractivity contribution in [1.29, 1.82) is 0 Å². The molecule has 0 N–H and O–H groups in total. The van der Waals surface area contributed by atoms with Crippen LogP contribution in [0.5, 0.6) is 0 Å². The third-order valence-electron chi connectivity index (χ3n) is 2.37. The highest BCUT2D eigenvalue weighted by Gasteiger charge is 2.26. The number of hydrogen-bond acceptors (Lipinski definition) is 0. The van der Waals surface area contributed by atoms with Gasteiger partial charge in [0.25, 0.3) is 0 Å². The van der Waals surface area contributed by atoms with E-state index in [9.17, 15) is 0 Å². The summed E-state index contributed by atoms with van der Waals surface area (Å²) in [6, 6.07) is 0. The van der Waals surface area contributed by atoms with Gasteiger partial charge in [0.15, 0.2) is 0 Å². The second-order valence-corrected chi connectivity index (χ2v) is 7.81. The van der Waals surface area contributed by atoms with Crippen LogP contribution in [0.15, 0.2) is 35.3 Å². The molecule has 0 unspecified atom stereocenters. The highest BCUT2D eigenvalue weighted by atomic mass is 28.3. The van der Waals surface area contributed by atoms with E-state index in [0.29, 0.717) is 0 Å². The molecule has 0 amide bonds. The largest absolute Gasteiger partial charge is 0.127 e. The lowest BCUT2D eigenvalue weighted by atomic mass is 10.6. The van der Waals surface area contributed by atoms with Crippen molar-refractivity contribution < 1.29 is 0 Å². The van der Waals surface area contributed by atoms with E-state index in [-0.39, 0.29) is 0 Å². The predicted octanol–water partition coefficient (Wildman–Crippen LogP) is 4.19. The zero-order chi connectivity index (χ0) is 10.3. The summed E-state index contributed by atoms with van der Waals surface area (Å²) in [5, 5.41) is 0. The van der Waals surface area contributed by atoms with Crippen molar-refractivity contribution in [2.45, 2.75) is 40.2 Å². The maximum absolute atomic E-state index is 2.40. The van der Waals surface area contributed by atoms with Gasteiger partial charge in [0.2, 0.25) is 0 Å². The van der Waals surface area contributed by atoms with E-state index in [1.807, 2.05) is 0 Å². The van der Waals surface area contributed by atoms with Crippen molar-refractivity contribution in [2.75, 3.05) is 0 Å². The van der Waals surface area contributed by atoms with Crippen molar-refractivity contribution >= 4 is 8.07 Å². The Hall–Kier alpha value is -0.563. The van der Waals surface area contributed by atoms with Gasteiger partial charge in [-0.2, -0.15) is 0 Å². The average Bonchev–Trinajstić information content (AvgIpc) is 2.05. The molecule has 0 aliphatic carbocycles. The predicted molar refractivity (Wildman–Crippen MR) is 65.3 cm³/mol. The molecule has 0 aliphatic heterocycles. The van der Waals surface area contributed by atoms with E-state index in [1.54, 1.807) is 0 Å². The van der Waals surface area contributed by atoms with Crippen LogP contribution in [0.4, 0.5) is 0 Å². The molecule has 0 bridgehead atoms. The standard InChI is InChI=1S/C12H22Si/c1-6-9-13(10-7-2,11-8-3)12(4)5/h6-12H,1-5H3. The molecule has 0 fully saturated rings. The molecular weight excluding hydrogens is 172 g/mol. The maximum atomic E-state index is 2.40. The molecule has 74 valence electrons. The van der Waals surface area contributed by atoms with E-state index in [2.05, 4.69) is 69.9 Å². The molecule has 0 saturated carbocycles. The molecule has 0 rings (SSSR count). The fourth-order valence-electron chi connectivity index (χ4n) is 1.61. The Labute approximate surface area is 84.1 Å². The van der Waals surface area contributed by atoms with Gasteiger partial charge < -0.3 is 0 Å². The molecule has 0 spiro atoms. The lowest BCUT2D eigenvalue weighted by Gasteiger charge is -2.25. The van der Waals surface area contributed by atoms with Crippen LogP contribution in [0.2, 0.25) is 5.54 Å². The molecule has 0 nitrogen and oxygen atoms in total. The van der Waals surface area contributed by atoms with Crippen molar-refractivity contribution in [1.82, 2.24) is 0 Å². The first kappa shape index (κ1) is 12.4. The van der Waals surface area contributed by atoms with Gasteiger partial charge in [-0.25, -0.2) is 0 Å². The Balaban J connectivity index is 5.03. The molecule has 0 aliphatic rings. The molecule has 1 heteroatoms. The van der Waals surface area contributed by atoms with Crippen LogP contribution in [0, 0.1) is 0 Å². The van der Waals surface area contributed by atoms with Crippen LogP contribution in [0.3, 0.4) is 0 Å². The van der Waals surface area contributed by atoms with E-state index in [4.69, 9.17) is 0 Å². The highest BCUT2D eigenvalue weighted by molar-refractivity contribution is 6.94. The molecule has 0 heterocycles. The van der Waals surface area contributed by atoms with Crippen LogP contribution in [0.25, 0.3) is 0 Å². The number of hydrogen-bond donors (Lipinski definition) is 0. The summed E-state index contributed by atoms with van der Waals surface area (Å²) in [5.74, 6) is 0.